The van der Waals surface area contributed by atoms with Crippen molar-refractivity contribution in [2.45, 2.75) is 13.0 Å². The zero-order valence-corrected chi connectivity index (χ0v) is 11.2. The normalized spacial score (nSPS) is 10.5. The number of methoxy groups -OCH3 is 1. The molecule has 0 spiro atoms. The van der Waals surface area contributed by atoms with Crippen LogP contribution in [0.1, 0.15) is 21.1 Å². The number of rotatable bonds is 5. The first-order valence-electron chi connectivity index (χ1n) is 5.64. The maximum atomic E-state index is 13.9. The van der Waals surface area contributed by atoms with E-state index in [1.165, 1.54) is 24.5 Å². The van der Waals surface area contributed by atoms with Crippen LogP contribution < -0.4 is 10.5 Å². The Morgan fingerprint density at radius 3 is 2.95 bits per heavy atom. The van der Waals surface area contributed by atoms with Gasteiger partial charge in [0.2, 0.25) is 0 Å². The Hall–Kier alpha value is -1.79. The van der Waals surface area contributed by atoms with E-state index in [0.717, 1.165) is 0 Å². The summed E-state index contributed by atoms with van der Waals surface area (Å²) >= 11 is 1.32. The molecule has 0 amide bonds. The minimum absolute atomic E-state index is 0.0449. The van der Waals surface area contributed by atoms with Gasteiger partial charge in [0, 0.05) is 18.3 Å². The second kappa shape index (κ2) is 5.90. The van der Waals surface area contributed by atoms with Crippen molar-refractivity contribution in [2.75, 3.05) is 7.11 Å². The summed E-state index contributed by atoms with van der Waals surface area (Å²) in [6.07, 6.45) is -0.0449. The Labute approximate surface area is 114 Å². The number of aromatic nitrogens is 1. The molecule has 2 N–H and O–H groups in total. The fourth-order valence-corrected chi connectivity index (χ4v) is 2.33. The zero-order valence-electron chi connectivity index (χ0n) is 10.4. The van der Waals surface area contributed by atoms with E-state index >= 15 is 0 Å². The Kier molecular flexibility index (Phi) is 4.24. The molecule has 1 heterocycles. The highest BCUT2D eigenvalue weighted by molar-refractivity contribution is 7.09. The van der Waals surface area contributed by atoms with Gasteiger partial charge in [0.15, 0.2) is 17.3 Å². The molecule has 0 unspecified atom stereocenters. The number of thiazole rings is 1. The third-order valence-electron chi connectivity index (χ3n) is 2.63. The van der Waals surface area contributed by atoms with E-state index in [4.69, 9.17) is 10.5 Å². The lowest BCUT2D eigenvalue weighted by Gasteiger charge is -2.05. The van der Waals surface area contributed by atoms with Gasteiger partial charge in [-0.15, -0.1) is 11.3 Å². The van der Waals surface area contributed by atoms with Crippen LogP contribution in [0.15, 0.2) is 23.6 Å². The highest BCUT2D eigenvalue weighted by atomic mass is 32.1. The predicted molar refractivity (Wildman–Crippen MR) is 71.0 cm³/mol. The summed E-state index contributed by atoms with van der Waals surface area (Å²) in [5.74, 6) is -0.609. The largest absolute Gasteiger partial charge is 0.494 e. The highest BCUT2D eigenvalue weighted by Crippen LogP contribution is 2.21. The Bertz CT molecular complexity index is 598. The number of carbonyl (C=O) groups excluding carboxylic acids is 1. The fraction of sp³-hybridized carbons (Fsp3) is 0.231. The van der Waals surface area contributed by atoms with Crippen LogP contribution in [-0.4, -0.2) is 17.9 Å². The molecule has 0 aliphatic heterocycles. The number of nitrogens with two attached hydrogens (primary N) is 1. The minimum Gasteiger partial charge on any atom is -0.494 e. The third-order valence-corrected chi connectivity index (χ3v) is 3.50. The van der Waals surface area contributed by atoms with Crippen LogP contribution in [0.4, 0.5) is 4.39 Å². The monoisotopic (exact) mass is 280 g/mol. The van der Waals surface area contributed by atoms with Gasteiger partial charge >= 0.3 is 0 Å². The third kappa shape index (κ3) is 2.97. The molecule has 19 heavy (non-hydrogen) atoms. The van der Waals surface area contributed by atoms with E-state index < -0.39 is 5.82 Å². The molecular formula is C13H13FN2O2S. The van der Waals surface area contributed by atoms with Crippen molar-refractivity contribution in [3.63, 3.8) is 0 Å². The molecule has 1 aromatic carbocycles. The first-order chi connectivity index (χ1) is 9.15. The van der Waals surface area contributed by atoms with E-state index in [0.29, 0.717) is 22.8 Å². The van der Waals surface area contributed by atoms with Crippen LogP contribution in [0, 0.1) is 5.82 Å². The average molecular weight is 280 g/mol. The van der Waals surface area contributed by atoms with Crippen LogP contribution in [0.5, 0.6) is 5.75 Å². The number of nitrogens with zero attached hydrogens (tertiary/aromatic N) is 1. The van der Waals surface area contributed by atoms with Crippen molar-refractivity contribution in [1.29, 1.82) is 0 Å². The summed E-state index contributed by atoms with van der Waals surface area (Å²) in [5, 5.41) is 2.33. The van der Waals surface area contributed by atoms with Crippen molar-refractivity contribution >= 4 is 17.1 Å². The van der Waals surface area contributed by atoms with E-state index in [2.05, 4.69) is 4.98 Å². The van der Waals surface area contributed by atoms with Crippen molar-refractivity contribution in [3.05, 3.63) is 45.7 Å². The molecule has 0 aliphatic rings. The highest BCUT2D eigenvalue weighted by Gasteiger charge is 2.15. The summed E-state index contributed by atoms with van der Waals surface area (Å²) < 4.78 is 18.8. The number of Topliss-reactive ketones (excluding diaryl/α,β-unsaturated/α-hetero) is 1. The molecule has 1 aromatic heterocycles. The van der Waals surface area contributed by atoms with E-state index in [1.54, 1.807) is 17.5 Å². The molecule has 4 nitrogen and oxygen atoms in total. The van der Waals surface area contributed by atoms with Gasteiger partial charge in [-0.3, -0.25) is 4.79 Å². The maximum absolute atomic E-state index is 13.9. The van der Waals surface area contributed by atoms with Crippen LogP contribution >= 0.6 is 11.3 Å². The summed E-state index contributed by atoms with van der Waals surface area (Å²) in [6, 6.07) is 4.72. The average Bonchev–Trinajstić information content (AvgIpc) is 2.90. The molecule has 0 atom stereocenters. The Morgan fingerprint density at radius 1 is 1.53 bits per heavy atom. The first kappa shape index (κ1) is 13.6. The molecule has 0 saturated heterocycles. The topological polar surface area (TPSA) is 65.2 Å². The zero-order chi connectivity index (χ0) is 13.8. The van der Waals surface area contributed by atoms with E-state index in [-0.39, 0.29) is 18.0 Å². The molecule has 0 radical (unpaired) electrons. The first-order valence-corrected chi connectivity index (χ1v) is 6.52. The molecule has 0 fully saturated rings. The molecule has 0 aliphatic carbocycles. The molecule has 2 aromatic rings. The fourth-order valence-electron chi connectivity index (χ4n) is 1.65. The van der Waals surface area contributed by atoms with Gasteiger partial charge in [0.25, 0.3) is 0 Å². The molecule has 2 rings (SSSR count). The molecule has 0 saturated carbocycles. The van der Waals surface area contributed by atoms with E-state index in [9.17, 15) is 9.18 Å². The van der Waals surface area contributed by atoms with Gasteiger partial charge in [-0.1, -0.05) is 12.1 Å². The molecular weight excluding hydrogens is 267 g/mol. The summed E-state index contributed by atoms with van der Waals surface area (Å²) in [4.78, 5) is 16.1. The molecule has 100 valence electrons. The summed E-state index contributed by atoms with van der Waals surface area (Å²) in [7, 11) is 1.39. The SMILES string of the molecule is COc1cccc(CC(=O)c2csc(CN)n2)c1F. The lowest BCUT2D eigenvalue weighted by Crippen LogP contribution is -2.07. The van der Waals surface area contributed by atoms with Crippen molar-refractivity contribution in [1.82, 2.24) is 4.98 Å². The van der Waals surface area contributed by atoms with Gasteiger partial charge in [-0.2, -0.15) is 0 Å². The second-order valence-corrected chi connectivity index (χ2v) is 4.81. The lowest BCUT2D eigenvalue weighted by molar-refractivity contribution is 0.0987. The standard InChI is InChI=1S/C13H13FN2O2S/c1-18-11-4-2-3-8(13(11)14)5-10(17)9-7-19-12(6-15)16-9/h2-4,7H,5-6,15H2,1H3. The van der Waals surface area contributed by atoms with E-state index in [1.807, 2.05) is 0 Å². The van der Waals surface area contributed by atoms with Gasteiger partial charge in [0.1, 0.15) is 10.7 Å². The Morgan fingerprint density at radius 2 is 2.32 bits per heavy atom. The van der Waals surface area contributed by atoms with Gasteiger partial charge in [0.05, 0.1) is 7.11 Å². The number of halogens is 1. The van der Waals surface area contributed by atoms with Crippen LogP contribution in [0.25, 0.3) is 0 Å². The quantitative estimate of drug-likeness (QED) is 0.852. The second-order valence-electron chi connectivity index (χ2n) is 3.86. The van der Waals surface area contributed by atoms with Crippen LogP contribution in [0.2, 0.25) is 0 Å². The van der Waals surface area contributed by atoms with Crippen molar-refractivity contribution in [2.24, 2.45) is 5.73 Å². The number of hydrogen-bond donors (Lipinski definition) is 1. The molecule has 6 heteroatoms. The van der Waals surface area contributed by atoms with Gasteiger partial charge < -0.3 is 10.5 Å². The number of ketones is 1. The number of hydrogen-bond acceptors (Lipinski definition) is 5. The number of benzene rings is 1. The summed E-state index contributed by atoms with van der Waals surface area (Å²) in [5.41, 5.74) is 6.06. The van der Waals surface area contributed by atoms with Crippen molar-refractivity contribution in [3.8, 4) is 5.75 Å². The molecule has 0 bridgehead atoms. The van der Waals surface area contributed by atoms with Crippen LogP contribution in [0.3, 0.4) is 0 Å². The van der Waals surface area contributed by atoms with Gasteiger partial charge in [-0.05, 0) is 11.6 Å². The minimum atomic E-state index is -0.507. The lowest BCUT2D eigenvalue weighted by atomic mass is 10.1. The van der Waals surface area contributed by atoms with Crippen LogP contribution in [-0.2, 0) is 13.0 Å². The number of carbonyl (C=O) groups is 1. The smallest absolute Gasteiger partial charge is 0.186 e. The maximum Gasteiger partial charge on any atom is 0.186 e. The number of ether oxygens (including phenoxy) is 1. The van der Waals surface area contributed by atoms with Crippen molar-refractivity contribution < 1.29 is 13.9 Å². The Balaban J connectivity index is 2.19. The van der Waals surface area contributed by atoms with Gasteiger partial charge in [-0.25, -0.2) is 9.37 Å². The summed E-state index contributed by atoms with van der Waals surface area (Å²) in [6.45, 7) is 0.297. The predicted octanol–water partition coefficient (Wildman–Crippen LogP) is 2.17.